The summed E-state index contributed by atoms with van der Waals surface area (Å²) in [5.41, 5.74) is 0.202. The van der Waals surface area contributed by atoms with Crippen molar-refractivity contribution in [1.82, 2.24) is 14.9 Å². The predicted octanol–water partition coefficient (Wildman–Crippen LogP) is 1.13. The molecule has 7 heteroatoms. The van der Waals surface area contributed by atoms with Gasteiger partial charge in [-0.25, -0.2) is 9.97 Å². The van der Waals surface area contributed by atoms with Crippen molar-refractivity contribution in [3.8, 4) is 6.07 Å². The topological polar surface area (TPSA) is 79.1 Å². The van der Waals surface area contributed by atoms with Gasteiger partial charge in [0.25, 0.3) is 5.91 Å². The number of nitriles is 1. The van der Waals surface area contributed by atoms with Crippen LogP contribution in [0.25, 0.3) is 0 Å². The molecule has 0 aliphatic heterocycles. The van der Waals surface area contributed by atoms with Crippen LogP contribution in [0.2, 0.25) is 5.15 Å². The molecule has 0 spiro atoms. The largest absolute Gasteiger partial charge is 0.383 e. The molecular weight excluding hydrogens is 256 g/mol. The highest BCUT2D eigenvalue weighted by Gasteiger charge is 2.16. The minimum Gasteiger partial charge on any atom is -0.383 e. The van der Waals surface area contributed by atoms with Crippen LogP contribution in [0.1, 0.15) is 16.9 Å². The zero-order chi connectivity index (χ0) is 13.4. The van der Waals surface area contributed by atoms with Crippen LogP contribution in [0.5, 0.6) is 0 Å². The smallest absolute Gasteiger partial charge is 0.274 e. The summed E-state index contributed by atoms with van der Waals surface area (Å²) >= 11 is 5.60. The fraction of sp³-hybridized carbons (Fsp3) is 0.455. The molecule has 0 saturated heterocycles. The van der Waals surface area contributed by atoms with Crippen molar-refractivity contribution in [2.45, 2.75) is 6.42 Å². The minimum absolute atomic E-state index is 0.202. The van der Waals surface area contributed by atoms with Gasteiger partial charge >= 0.3 is 0 Å². The third-order valence-electron chi connectivity index (χ3n) is 2.19. The van der Waals surface area contributed by atoms with Crippen molar-refractivity contribution in [1.29, 1.82) is 5.26 Å². The van der Waals surface area contributed by atoms with Crippen LogP contribution in [0.4, 0.5) is 0 Å². The number of amides is 1. The van der Waals surface area contributed by atoms with Crippen molar-refractivity contribution in [3.63, 3.8) is 0 Å². The number of halogens is 1. The molecule has 1 aromatic rings. The van der Waals surface area contributed by atoms with E-state index >= 15 is 0 Å². The van der Waals surface area contributed by atoms with Crippen LogP contribution in [0, 0.1) is 11.3 Å². The Morgan fingerprint density at radius 2 is 2.28 bits per heavy atom. The Labute approximate surface area is 110 Å². The number of aromatic nitrogens is 2. The Morgan fingerprint density at radius 1 is 1.50 bits per heavy atom. The minimum atomic E-state index is -0.286. The van der Waals surface area contributed by atoms with Crippen molar-refractivity contribution >= 4 is 17.5 Å². The molecule has 1 aromatic heterocycles. The zero-order valence-electron chi connectivity index (χ0n) is 9.97. The maximum atomic E-state index is 12.1. The van der Waals surface area contributed by atoms with E-state index in [1.165, 1.54) is 17.3 Å². The molecule has 0 atom stereocenters. The van der Waals surface area contributed by atoms with Crippen molar-refractivity contribution in [2.24, 2.45) is 0 Å². The first-order valence-corrected chi connectivity index (χ1v) is 5.69. The molecule has 0 aromatic carbocycles. The molecule has 0 aliphatic rings. The first-order chi connectivity index (χ1) is 8.69. The van der Waals surface area contributed by atoms with Gasteiger partial charge in [-0.1, -0.05) is 11.6 Å². The van der Waals surface area contributed by atoms with E-state index in [0.717, 1.165) is 0 Å². The van der Waals surface area contributed by atoms with Gasteiger partial charge in [-0.3, -0.25) is 4.79 Å². The van der Waals surface area contributed by atoms with Crippen LogP contribution in [0.15, 0.2) is 12.4 Å². The van der Waals surface area contributed by atoms with E-state index in [2.05, 4.69) is 9.97 Å². The van der Waals surface area contributed by atoms with Gasteiger partial charge in [0.05, 0.1) is 31.5 Å². The maximum absolute atomic E-state index is 12.1. The summed E-state index contributed by atoms with van der Waals surface area (Å²) in [5.74, 6) is -0.286. The summed E-state index contributed by atoms with van der Waals surface area (Å²) in [7, 11) is 1.55. The summed E-state index contributed by atoms with van der Waals surface area (Å²) in [5, 5.41) is 8.79. The normalized spacial score (nSPS) is 9.83. The number of nitrogens with zero attached hydrogens (tertiary/aromatic N) is 4. The highest BCUT2D eigenvalue weighted by molar-refractivity contribution is 6.29. The summed E-state index contributed by atoms with van der Waals surface area (Å²) in [6.45, 7) is 1.14. The Bertz CT molecular complexity index is 430. The lowest BCUT2D eigenvalue weighted by atomic mass is 10.3. The standard InChI is InChI=1S/C11H13ClN4O2/c1-18-6-5-16(4-2-3-13)11(17)9-7-15-10(12)8-14-9/h7-8H,2,4-6H2,1H3. The van der Waals surface area contributed by atoms with E-state index in [4.69, 9.17) is 21.6 Å². The molecule has 0 aliphatic carbocycles. The first-order valence-electron chi connectivity index (χ1n) is 5.31. The van der Waals surface area contributed by atoms with E-state index in [9.17, 15) is 4.79 Å². The second-order valence-corrected chi connectivity index (χ2v) is 3.80. The molecule has 0 saturated carbocycles. The van der Waals surface area contributed by atoms with Gasteiger partial charge in [-0.2, -0.15) is 5.26 Å². The second-order valence-electron chi connectivity index (χ2n) is 3.42. The monoisotopic (exact) mass is 268 g/mol. The molecule has 0 unspecified atom stereocenters. The van der Waals surface area contributed by atoms with Gasteiger partial charge in [-0.15, -0.1) is 0 Å². The summed E-state index contributed by atoms with van der Waals surface area (Å²) in [6, 6.07) is 2.00. The SMILES string of the molecule is COCCN(CCC#N)C(=O)c1cnc(Cl)cn1. The number of rotatable bonds is 6. The lowest BCUT2D eigenvalue weighted by Crippen LogP contribution is -2.35. The summed E-state index contributed by atoms with van der Waals surface area (Å²) in [6.07, 6.45) is 2.89. The quantitative estimate of drug-likeness (QED) is 0.773. The fourth-order valence-electron chi connectivity index (χ4n) is 1.29. The number of methoxy groups -OCH3 is 1. The molecule has 0 fully saturated rings. The second kappa shape index (κ2) is 7.58. The van der Waals surface area contributed by atoms with Crippen molar-refractivity contribution in [3.05, 3.63) is 23.2 Å². The Balaban J connectivity index is 2.74. The first kappa shape index (κ1) is 14.4. The molecule has 1 amide bonds. The molecule has 1 rings (SSSR count). The number of carbonyl (C=O) groups excluding carboxylic acids is 1. The van der Waals surface area contributed by atoms with Crippen molar-refractivity contribution < 1.29 is 9.53 Å². The van der Waals surface area contributed by atoms with Gasteiger partial charge in [0.2, 0.25) is 0 Å². The molecule has 0 bridgehead atoms. The summed E-state index contributed by atoms with van der Waals surface area (Å²) < 4.78 is 4.92. The van der Waals surface area contributed by atoms with Crippen molar-refractivity contribution in [2.75, 3.05) is 26.8 Å². The summed E-state index contributed by atoms with van der Waals surface area (Å²) in [4.78, 5) is 21.3. The molecule has 0 radical (unpaired) electrons. The van der Waals surface area contributed by atoms with Gasteiger partial charge < -0.3 is 9.64 Å². The van der Waals surface area contributed by atoms with E-state index in [-0.39, 0.29) is 23.2 Å². The van der Waals surface area contributed by atoms with E-state index in [0.29, 0.717) is 19.7 Å². The highest BCUT2D eigenvalue weighted by atomic mass is 35.5. The number of hydrogen-bond donors (Lipinski definition) is 0. The Kier molecular flexibility index (Phi) is 6.05. The molecule has 0 N–H and O–H groups in total. The van der Waals surface area contributed by atoms with Gasteiger partial charge in [0.15, 0.2) is 0 Å². The average Bonchev–Trinajstić information content (AvgIpc) is 2.39. The molecule has 1 heterocycles. The van der Waals surface area contributed by atoms with Gasteiger partial charge in [-0.05, 0) is 0 Å². The average molecular weight is 269 g/mol. The number of hydrogen-bond acceptors (Lipinski definition) is 5. The van der Waals surface area contributed by atoms with E-state index < -0.39 is 0 Å². The maximum Gasteiger partial charge on any atom is 0.274 e. The van der Waals surface area contributed by atoms with Gasteiger partial charge in [0.1, 0.15) is 10.8 Å². The third kappa shape index (κ3) is 4.28. The van der Waals surface area contributed by atoms with E-state index in [1.807, 2.05) is 6.07 Å². The number of ether oxygens (including phenoxy) is 1. The van der Waals surface area contributed by atoms with Crippen LogP contribution >= 0.6 is 11.6 Å². The molecule has 96 valence electrons. The molecule has 6 nitrogen and oxygen atoms in total. The number of carbonyl (C=O) groups is 1. The van der Waals surface area contributed by atoms with Gasteiger partial charge in [0, 0.05) is 20.2 Å². The predicted molar refractivity (Wildman–Crippen MR) is 65.1 cm³/mol. The highest BCUT2D eigenvalue weighted by Crippen LogP contribution is 2.05. The molecular formula is C11H13ClN4O2. The van der Waals surface area contributed by atoms with Crippen LogP contribution in [-0.2, 0) is 4.74 Å². The lowest BCUT2D eigenvalue weighted by molar-refractivity contribution is 0.0693. The molecule has 18 heavy (non-hydrogen) atoms. The van der Waals surface area contributed by atoms with Crippen LogP contribution < -0.4 is 0 Å². The Hall–Kier alpha value is -1.71. The fourth-order valence-corrected chi connectivity index (χ4v) is 1.38. The third-order valence-corrected chi connectivity index (χ3v) is 2.38. The van der Waals surface area contributed by atoms with Crippen LogP contribution in [-0.4, -0.2) is 47.6 Å². The van der Waals surface area contributed by atoms with E-state index in [1.54, 1.807) is 7.11 Å². The Morgan fingerprint density at radius 3 is 2.83 bits per heavy atom. The lowest BCUT2D eigenvalue weighted by Gasteiger charge is -2.20. The van der Waals surface area contributed by atoms with Crippen LogP contribution in [0.3, 0.4) is 0 Å². The zero-order valence-corrected chi connectivity index (χ0v) is 10.7.